The third-order valence-electron chi connectivity index (χ3n) is 6.63. The van der Waals surface area contributed by atoms with Crippen molar-refractivity contribution < 1.29 is 14.4 Å². The number of imide groups is 1. The van der Waals surface area contributed by atoms with E-state index in [2.05, 4.69) is 18.7 Å². The predicted molar refractivity (Wildman–Crippen MR) is 110 cm³/mol. The molecule has 3 aliphatic heterocycles. The normalized spacial score (nSPS) is 23.6. The summed E-state index contributed by atoms with van der Waals surface area (Å²) in [6.45, 7) is 5.47. The predicted octanol–water partition coefficient (Wildman–Crippen LogP) is 2.57. The number of benzene rings is 2. The van der Waals surface area contributed by atoms with Crippen molar-refractivity contribution in [2.45, 2.75) is 51.1 Å². The molecule has 3 heterocycles. The Morgan fingerprint density at radius 1 is 1.07 bits per heavy atom. The largest absolute Gasteiger partial charge is 0.366 e. The average molecular weight is 392 g/mol. The Balaban J connectivity index is 1.65. The van der Waals surface area contributed by atoms with Crippen LogP contribution in [0.4, 0.5) is 11.4 Å². The molecule has 1 unspecified atom stereocenters. The van der Waals surface area contributed by atoms with E-state index in [4.69, 9.17) is 5.84 Å². The summed E-state index contributed by atoms with van der Waals surface area (Å²) in [4.78, 5) is 41.7. The number of amides is 3. The number of hydrogen-bond acceptors (Lipinski definition) is 5. The van der Waals surface area contributed by atoms with E-state index in [1.54, 1.807) is 0 Å². The molecule has 0 bridgehead atoms. The Morgan fingerprint density at radius 2 is 1.86 bits per heavy atom. The molecular formula is C22H24N4O3. The molecule has 2 N–H and O–H groups in total. The third kappa shape index (κ3) is 2.43. The highest BCUT2D eigenvalue weighted by Crippen LogP contribution is 2.45. The van der Waals surface area contributed by atoms with Crippen LogP contribution in [-0.4, -0.2) is 40.9 Å². The Labute approximate surface area is 169 Å². The van der Waals surface area contributed by atoms with Crippen molar-refractivity contribution in [1.29, 1.82) is 0 Å². The first-order valence-electron chi connectivity index (χ1n) is 10.1. The van der Waals surface area contributed by atoms with Gasteiger partial charge in [-0.2, -0.15) is 0 Å². The average Bonchev–Trinajstić information content (AvgIpc) is 3.19. The molecule has 0 aliphatic carbocycles. The monoisotopic (exact) mass is 392 g/mol. The summed E-state index contributed by atoms with van der Waals surface area (Å²) >= 11 is 0. The highest BCUT2D eigenvalue weighted by molar-refractivity contribution is 6.28. The number of carbonyl (C=O) groups excluding carboxylic acids is 3. The number of carbonyl (C=O) groups is 3. The molecule has 0 spiro atoms. The van der Waals surface area contributed by atoms with E-state index in [1.807, 2.05) is 30.3 Å². The van der Waals surface area contributed by atoms with E-state index >= 15 is 0 Å². The molecule has 3 amide bonds. The molecule has 0 saturated carbocycles. The van der Waals surface area contributed by atoms with Gasteiger partial charge in [-0.25, -0.2) is 10.9 Å². The molecule has 0 radical (unpaired) electrons. The van der Waals surface area contributed by atoms with E-state index in [1.165, 1.54) is 4.90 Å². The molecule has 2 fully saturated rings. The fourth-order valence-corrected chi connectivity index (χ4v) is 5.12. The fourth-order valence-electron chi connectivity index (χ4n) is 5.12. The third-order valence-corrected chi connectivity index (χ3v) is 6.63. The topological polar surface area (TPSA) is 86.9 Å². The van der Waals surface area contributed by atoms with Gasteiger partial charge in [-0.1, -0.05) is 12.1 Å². The molecule has 7 heteroatoms. The first-order chi connectivity index (χ1) is 13.8. The SMILES string of the molecule is CC1(C)CCCN1c1ccc2c3c(cccc13)N(C1CCC(=O)N(N)C1=O)C2=O. The van der Waals surface area contributed by atoms with Gasteiger partial charge in [-0.3, -0.25) is 19.3 Å². The molecule has 150 valence electrons. The first kappa shape index (κ1) is 18.1. The minimum atomic E-state index is -0.755. The number of nitrogens with zero attached hydrogens (tertiary/aromatic N) is 3. The van der Waals surface area contributed by atoms with Gasteiger partial charge in [0.1, 0.15) is 6.04 Å². The van der Waals surface area contributed by atoms with Crippen LogP contribution in [0.15, 0.2) is 30.3 Å². The van der Waals surface area contributed by atoms with Crippen molar-refractivity contribution in [3.63, 3.8) is 0 Å². The van der Waals surface area contributed by atoms with E-state index in [0.29, 0.717) is 10.6 Å². The molecule has 3 aliphatic rings. The van der Waals surface area contributed by atoms with Crippen molar-refractivity contribution in [2.24, 2.45) is 5.84 Å². The van der Waals surface area contributed by atoms with Crippen LogP contribution in [0.1, 0.15) is 49.9 Å². The molecule has 5 rings (SSSR count). The van der Waals surface area contributed by atoms with Crippen LogP contribution in [-0.2, 0) is 9.59 Å². The van der Waals surface area contributed by atoms with Gasteiger partial charge in [0.15, 0.2) is 0 Å². The molecule has 29 heavy (non-hydrogen) atoms. The smallest absolute Gasteiger partial charge is 0.266 e. The van der Waals surface area contributed by atoms with Crippen molar-refractivity contribution >= 4 is 39.9 Å². The highest BCUT2D eigenvalue weighted by atomic mass is 16.2. The quantitative estimate of drug-likeness (QED) is 0.482. The second kappa shape index (κ2) is 6.03. The zero-order chi connectivity index (χ0) is 20.5. The number of hydrazine groups is 1. The second-order valence-corrected chi connectivity index (χ2v) is 8.73. The molecule has 7 nitrogen and oxygen atoms in total. The Hall–Kier alpha value is -2.93. The van der Waals surface area contributed by atoms with Crippen molar-refractivity contribution in [3.05, 3.63) is 35.9 Å². The van der Waals surface area contributed by atoms with Crippen LogP contribution >= 0.6 is 0 Å². The maximum atomic E-state index is 13.3. The van der Waals surface area contributed by atoms with Crippen LogP contribution in [0.2, 0.25) is 0 Å². The van der Waals surface area contributed by atoms with Gasteiger partial charge >= 0.3 is 0 Å². The summed E-state index contributed by atoms with van der Waals surface area (Å²) < 4.78 is 0. The first-order valence-corrected chi connectivity index (χ1v) is 10.1. The van der Waals surface area contributed by atoms with Gasteiger partial charge in [0.25, 0.3) is 11.8 Å². The second-order valence-electron chi connectivity index (χ2n) is 8.73. The van der Waals surface area contributed by atoms with Crippen LogP contribution in [0.25, 0.3) is 10.8 Å². The summed E-state index contributed by atoms with van der Waals surface area (Å²) in [6, 6.07) is 8.99. The van der Waals surface area contributed by atoms with Crippen LogP contribution in [0.3, 0.4) is 0 Å². The summed E-state index contributed by atoms with van der Waals surface area (Å²) in [6.07, 6.45) is 2.69. The summed E-state index contributed by atoms with van der Waals surface area (Å²) in [5, 5.41) is 2.56. The molecule has 2 saturated heterocycles. The highest BCUT2D eigenvalue weighted by Gasteiger charge is 2.44. The van der Waals surface area contributed by atoms with Gasteiger partial charge < -0.3 is 4.90 Å². The van der Waals surface area contributed by atoms with E-state index in [-0.39, 0.29) is 24.3 Å². The number of anilines is 2. The van der Waals surface area contributed by atoms with Crippen LogP contribution in [0.5, 0.6) is 0 Å². The lowest BCUT2D eigenvalue weighted by molar-refractivity contribution is -0.149. The summed E-state index contributed by atoms with van der Waals surface area (Å²) in [5.41, 5.74) is 2.50. The Morgan fingerprint density at radius 3 is 2.59 bits per heavy atom. The van der Waals surface area contributed by atoms with Crippen LogP contribution < -0.4 is 15.6 Å². The molecular weight excluding hydrogens is 368 g/mol. The number of piperidine rings is 1. The van der Waals surface area contributed by atoms with Crippen molar-refractivity contribution in [1.82, 2.24) is 5.01 Å². The van der Waals surface area contributed by atoms with Gasteiger partial charge in [0.05, 0.1) is 11.3 Å². The van der Waals surface area contributed by atoms with E-state index < -0.39 is 17.9 Å². The zero-order valence-electron chi connectivity index (χ0n) is 16.6. The lowest BCUT2D eigenvalue weighted by atomic mass is 9.98. The van der Waals surface area contributed by atoms with Crippen LogP contribution in [0, 0.1) is 0 Å². The Kier molecular flexibility index (Phi) is 3.77. The van der Waals surface area contributed by atoms with Crippen molar-refractivity contribution in [3.8, 4) is 0 Å². The van der Waals surface area contributed by atoms with E-state index in [9.17, 15) is 14.4 Å². The maximum Gasteiger partial charge on any atom is 0.266 e. The minimum absolute atomic E-state index is 0.0575. The van der Waals surface area contributed by atoms with E-state index in [0.717, 1.165) is 41.5 Å². The van der Waals surface area contributed by atoms with Crippen molar-refractivity contribution in [2.75, 3.05) is 16.3 Å². The lowest BCUT2D eigenvalue weighted by Crippen LogP contribution is -2.58. The van der Waals surface area contributed by atoms with Gasteiger partial charge in [0, 0.05) is 35.0 Å². The molecule has 1 atom stereocenters. The molecule has 0 aromatic heterocycles. The summed E-state index contributed by atoms with van der Waals surface area (Å²) in [7, 11) is 0. The minimum Gasteiger partial charge on any atom is -0.366 e. The Bertz CT molecular complexity index is 1080. The van der Waals surface area contributed by atoms with Gasteiger partial charge in [0.2, 0.25) is 5.91 Å². The molecule has 2 aromatic carbocycles. The molecule has 2 aromatic rings. The number of hydrogen-bond donors (Lipinski definition) is 1. The number of nitrogens with two attached hydrogens (primary N) is 1. The van der Waals surface area contributed by atoms with Gasteiger partial charge in [-0.05, 0) is 51.3 Å². The standard InChI is InChI=1S/C22H24N4O3/c1-22(2)11-4-12-24(22)15-8-7-14-19-13(15)5-3-6-16(19)25(20(14)28)17-9-10-18(27)26(23)21(17)29/h3,5-8,17H,4,9-12,23H2,1-2H3. The lowest BCUT2D eigenvalue weighted by Gasteiger charge is -2.35. The number of rotatable bonds is 2. The fraction of sp³-hybridized carbons (Fsp3) is 0.409. The zero-order valence-corrected chi connectivity index (χ0v) is 16.6. The summed E-state index contributed by atoms with van der Waals surface area (Å²) in [5.74, 6) is 4.51. The maximum absolute atomic E-state index is 13.3. The van der Waals surface area contributed by atoms with Gasteiger partial charge in [-0.15, -0.1) is 0 Å².